The van der Waals surface area contributed by atoms with Crippen molar-refractivity contribution in [2.75, 3.05) is 9.80 Å². The SMILES string of the molecule is C1=CC2c3cc(-c4cc(-c5ccc(-c6ccc(N(c7ccccc7)c7ccc8ccccc8c7)cc6)cc5)cc(-c5ccc6c(c5)c5ccccc5n6-c5ccc6ccccc6c5)c4)ccc3N(c3ccc4ccccc4c3)C2C=C1. The highest BCUT2D eigenvalue weighted by atomic mass is 15.2. The molecule has 16 rings (SSSR count). The van der Waals surface area contributed by atoms with Gasteiger partial charge in [-0.15, -0.1) is 0 Å². The van der Waals surface area contributed by atoms with Crippen LogP contribution >= 0.6 is 0 Å². The Balaban J connectivity index is 0.797. The van der Waals surface area contributed by atoms with Gasteiger partial charge in [0.1, 0.15) is 0 Å². The Bertz CT molecular complexity index is 4830. The van der Waals surface area contributed by atoms with Crippen molar-refractivity contribution >= 4 is 82.6 Å². The Kier molecular flexibility index (Phi) is 11.0. The van der Waals surface area contributed by atoms with Crippen molar-refractivity contribution in [2.24, 2.45) is 0 Å². The molecule has 0 amide bonds. The number of nitrogens with zero attached hydrogens (tertiary/aromatic N) is 3. The first-order chi connectivity index (χ1) is 40.1. The van der Waals surface area contributed by atoms with E-state index < -0.39 is 0 Å². The van der Waals surface area contributed by atoms with E-state index in [1.807, 2.05) is 0 Å². The molecule has 2 atom stereocenters. The summed E-state index contributed by atoms with van der Waals surface area (Å²) >= 11 is 0. The molecule has 0 fully saturated rings. The predicted molar refractivity (Wildman–Crippen MR) is 343 cm³/mol. The molecule has 2 heterocycles. The lowest BCUT2D eigenvalue weighted by Gasteiger charge is -2.29. The van der Waals surface area contributed by atoms with Crippen LogP contribution in [0, 0.1) is 0 Å². The van der Waals surface area contributed by atoms with E-state index in [4.69, 9.17) is 0 Å². The van der Waals surface area contributed by atoms with E-state index in [1.165, 1.54) is 116 Å². The van der Waals surface area contributed by atoms with Gasteiger partial charge in [0.15, 0.2) is 0 Å². The van der Waals surface area contributed by atoms with Gasteiger partial charge < -0.3 is 14.4 Å². The van der Waals surface area contributed by atoms with Gasteiger partial charge in [0, 0.05) is 50.8 Å². The van der Waals surface area contributed by atoms with E-state index in [2.05, 4.69) is 324 Å². The fourth-order valence-corrected chi connectivity index (χ4v) is 13.0. The molecule has 1 aliphatic heterocycles. The molecule has 3 heteroatoms. The molecule has 0 saturated carbocycles. The summed E-state index contributed by atoms with van der Waals surface area (Å²) in [7, 11) is 0. The van der Waals surface area contributed by atoms with E-state index in [1.54, 1.807) is 0 Å². The number of hydrogen-bond acceptors (Lipinski definition) is 2. The van der Waals surface area contributed by atoms with E-state index in [0.29, 0.717) is 0 Å². The van der Waals surface area contributed by atoms with Crippen LogP contribution in [0.1, 0.15) is 11.5 Å². The van der Waals surface area contributed by atoms with Gasteiger partial charge in [-0.25, -0.2) is 0 Å². The first-order valence-corrected chi connectivity index (χ1v) is 28.1. The number of fused-ring (bicyclic) bond motifs is 9. The van der Waals surface area contributed by atoms with Gasteiger partial charge in [0.25, 0.3) is 0 Å². The van der Waals surface area contributed by atoms with Gasteiger partial charge >= 0.3 is 0 Å². The highest BCUT2D eigenvalue weighted by molar-refractivity contribution is 6.11. The Morgan fingerprint density at radius 3 is 1.47 bits per heavy atom. The fourth-order valence-electron chi connectivity index (χ4n) is 13.0. The minimum Gasteiger partial charge on any atom is -0.333 e. The molecule has 1 aliphatic carbocycles. The van der Waals surface area contributed by atoms with Crippen LogP contribution in [0.5, 0.6) is 0 Å². The van der Waals surface area contributed by atoms with Gasteiger partial charge in [0.05, 0.1) is 17.1 Å². The van der Waals surface area contributed by atoms with Gasteiger partial charge in [-0.1, -0.05) is 200 Å². The summed E-state index contributed by atoms with van der Waals surface area (Å²) in [6.45, 7) is 0. The van der Waals surface area contributed by atoms with Crippen molar-refractivity contribution < 1.29 is 0 Å². The third-order valence-corrected chi connectivity index (χ3v) is 17.0. The van der Waals surface area contributed by atoms with Crippen LogP contribution in [0.4, 0.5) is 28.4 Å². The van der Waals surface area contributed by atoms with Crippen molar-refractivity contribution in [3.8, 4) is 50.2 Å². The average molecular weight is 1030 g/mol. The summed E-state index contributed by atoms with van der Waals surface area (Å²) in [5.74, 6) is 0.225. The van der Waals surface area contributed by atoms with Crippen molar-refractivity contribution in [1.29, 1.82) is 0 Å². The van der Waals surface area contributed by atoms with E-state index in [-0.39, 0.29) is 12.0 Å². The molecule has 0 radical (unpaired) electrons. The lowest BCUT2D eigenvalue weighted by atomic mass is 9.88. The molecule has 0 bridgehead atoms. The molecular weight excluding hydrogens is 979 g/mol. The van der Waals surface area contributed by atoms with E-state index in [0.717, 1.165) is 22.7 Å². The number of aromatic nitrogens is 1. The normalized spacial score (nSPS) is 14.5. The van der Waals surface area contributed by atoms with Gasteiger partial charge in [-0.2, -0.15) is 0 Å². The maximum absolute atomic E-state index is 2.54. The van der Waals surface area contributed by atoms with Crippen molar-refractivity contribution in [3.05, 3.63) is 315 Å². The molecule has 13 aromatic carbocycles. The highest BCUT2D eigenvalue weighted by Crippen LogP contribution is 2.50. The van der Waals surface area contributed by atoms with Crippen LogP contribution in [-0.4, -0.2) is 10.6 Å². The number of benzene rings is 13. The quantitative estimate of drug-likeness (QED) is 0.143. The monoisotopic (exact) mass is 1030 g/mol. The maximum Gasteiger partial charge on any atom is 0.0629 e. The highest BCUT2D eigenvalue weighted by Gasteiger charge is 2.37. The van der Waals surface area contributed by atoms with Crippen molar-refractivity contribution in [1.82, 2.24) is 4.57 Å². The lowest BCUT2D eigenvalue weighted by Crippen LogP contribution is -2.28. The molecule has 1 aromatic heterocycles. The first-order valence-electron chi connectivity index (χ1n) is 28.1. The molecule has 2 unspecified atom stereocenters. The Morgan fingerprint density at radius 2 is 0.765 bits per heavy atom. The number of anilines is 5. The average Bonchev–Trinajstić information content (AvgIpc) is 4.30. The predicted octanol–water partition coefficient (Wildman–Crippen LogP) is 21.1. The van der Waals surface area contributed by atoms with Crippen molar-refractivity contribution in [2.45, 2.75) is 12.0 Å². The largest absolute Gasteiger partial charge is 0.333 e. The molecular formula is C78H53N3. The summed E-state index contributed by atoms with van der Waals surface area (Å²) in [5.41, 5.74) is 20.2. The van der Waals surface area contributed by atoms with Crippen LogP contribution < -0.4 is 9.80 Å². The Hall–Kier alpha value is -10.5. The van der Waals surface area contributed by atoms with Gasteiger partial charge in [-0.05, 0) is 192 Å². The topological polar surface area (TPSA) is 11.4 Å². The van der Waals surface area contributed by atoms with Crippen molar-refractivity contribution in [3.63, 3.8) is 0 Å². The zero-order valence-corrected chi connectivity index (χ0v) is 44.4. The Morgan fingerprint density at radius 1 is 0.284 bits per heavy atom. The minimum absolute atomic E-state index is 0.189. The number of rotatable bonds is 9. The van der Waals surface area contributed by atoms with Crippen LogP contribution in [0.2, 0.25) is 0 Å². The molecule has 81 heavy (non-hydrogen) atoms. The van der Waals surface area contributed by atoms with E-state index in [9.17, 15) is 0 Å². The smallest absolute Gasteiger partial charge is 0.0629 e. The number of para-hydroxylation sites is 2. The third-order valence-electron chi connectivity index (χ3n) is 17.0. The third kappa shape index (κ3) is 8.12. The molecule has 0 saturated heterocycles. The second-order valence-electron chi connectivity index (χ2n) is 21.7. The second kappa shape index (κ2) is 19.2. The molecule has 0 N–H and O–H groups in total. The second-order valence-corrected chi connectivity index (χ2v) is 21.7. The van der Waals surface area contributed by atoms with Crippen LogP contribution in [0.3, 0.4) is 0 Å². The molecule has 2 aliphatic rings. The molecule has 14 aromatic rings. The molecule has 3 nitrogen and oxygen atoms in total. The fraction of sp³-hybridized carbons (Fsp3) is 0.0256. The van der Waals surface area contributed by atoms with E-state index >= 15 is 0 Å². The zero-order chi connectivity index (χ0) is 53.4. The van der Waals surface area contributed by atoms with Crippen LogP contribution in [0.15, 0.2) is 309 Å². The molecule has 0 spiro atoms. The summed E-state index contributed by atoms with van der Waals surface area (Å²) < 4.78 is 2.43. The van der Waals surface area contributed by atoms with Crippen LogP contribution in [0.25, 0.3) is 104 Å². The van der Waals surface area contributed by atoms with Crippen LogP contribution in [-0.2, 0) is 0 Å². The number of allylic oxidation sites excluding steroid dienone is 2. The minimum atomic E-state index is 0.189. The summed E-state index contributed by atoms with van der Waals surface area (Å²) in [5, 5.41) is 9.90. The maximum atomic E-state index is 2.54. The van der Waals surface area contributed by atoms with Gasteiger partial charge in [-0.3, -0.25) is 0 Å². The first kappa shape index (κ1) is 46.6. The Labute approximate surface area is 471 Å². The standard InChI is InChI=1S/C78H53N3/c1-2-20-66(21-3-1)79(68-39-32-52-14-4-7-17-58(52)47-68)67-37-30-56(31-38-67)55-26-28-57(29-27-55)63-44-64(61-35-42-77-73(50-61)71-22-10-12-24-75(71)80(77)69-40-33-53-15-5-8-18-59(53)48-69)46-65(45-63)62-36-43-78-74(51-62)72-23-11-13-25-76(72)81(78)70-41-34-54-16-6-9-19-60(54)49-70/h1-51,71,75H. The summed E-state index contributed by atoms with van der Waals surface area (Å²) in [6.07, 6.45) is 9.19. The summed E-state index contributed by atoms with van der Waals surface area (Å²) in [4.78, 5) is 4.88. The number of hydrogen-bond donors (Lipinski definition) is 0. The summed E-state index contributed by atoms with van der Waals surface area (Å²) in [6, 6.07) is 106. The lowest BCUT2D eigenvalue weighted by molar-refractivity contribution is 0.745. The molecule has 380 valence electrons. The zero-order valence-electron chi connectivity index (χ0n) is 44.4. The van der Waals surface area contributed by atoms with Gasteiger partial charge in [0.2, 0.25) is 0 Å².